The van der Waals surface area contributed by atoms with Crippen molar-refractivity contribution in [3.63, 3.8) is 0 Å². The summed E-state index contributed by atoms with van der Waals surface area (Å²) < 4.78 is 6.56. The lowest BCUT2D eigenvalue weighted by Crippen LogP contribution is -1.91. The highest BCUT2D eigenvalue weighted by Crippen LogP contribution is 2.46. The molecule has 0 spiro atoms. The van der Waals surface area contributed by atoms with Gasteiger partial charge in [-0.05, 0) is 124 Å². The summed E-state index contributed by atoms with van der Waals surface area (Å²) in [4.78, 5) is 0. The van der Waals surface area contributed by atoms with E-state index in [1.165, 1.54) is 82.0 Å². The Hall–Kier alpha value is -6.96. The smallest absolute Gasteiger partial charge is 0.136 e. The second kappa shape index (κ2) is 11.8. The number of hydrogen-bond donors (Lipinski definition) is 0. The van der Waals surface area contributed by atoms with Crippen LogP contribution in [0.3, 0.4) is 0 Å². The molecule has 0 N–H and O–H groups in total. The first-order valence-electron chi connectivity index (χ1n) is 18.2. The molecular weight excluding hydrogens is 641 g/mol. The van der Waals surface area contributed by atoms with Gasteiger partial charge in [-0.3, -0.25) is 0 Å². The molecule has 0 bridgehead atoms. The molecule has 0 fully saturated rings. The standard InChI is InChI=1S/C52H32O/c1-2-13-35-29-38(24-23-33(35)11-1)36-15-9-16-37(30-36)39-25-27-42-48-31-40(26-28-49(48)53-50(42)32-39)51-44-18-5-7-20-46(44)52(47-21-8-6-19-45(47)51)43-22-10-14-34-12-3-4-17-41(34)43/h1-32H. The molecule has 10 aromatic carbocycles. The van der Waals surface area contributed by atoms with E-state index in [2.05, 4.69) is 194 Å². The number of rotatable bonds is 4. The van der Waals surface area contributed by atoms with Gasteiger partial charge in [0.2, 0.25) is 0 Å². The number of furan rings is 1. The van der Waals surface area contributed by atoms with Crippen molar-refractivity contribution in [3.8, 4) is 44.5 Å². The van der Waals surface area contributed by atoms with Crippen molar-refractivity contribution in [1.29, 1.82) is 0 Å². The quantitative estimate of drug-likeness (QED) is 0.170. The van der Waals surface area contributed by atoms with Crippen LogP contribution < -0.4 is 0 Å². The lowest BCUT2D eigenvalue weighted by Gasteiger charge is -2.18. The molecule has 53 heavy (non-hydrogen) atoms. The summed E-state index contributed by atoms with van der Waals surface area (Å²) in [6.07, 6.45) is 0. The van der Waals surface area contributed by atoms with E-state index in [1.54, 1.807) is 0 Å². The Labute approximate surface area is 307 Å². The summed E-state index contributed by atoms with van der Waals surface area (Å²) in [6, 6.07) is 70.5. The van der Waals surface area contributed by atoms with Crippen molar-refractivity contribution in [2.24, 2.45) is 0 Å². The molecular formula is C52H32O. The fraction of sp³-hybridized carbons (Fsp3) is 0. The minimum Gasteiger partial charge on any atom is -0.456 e. The summed E-state index contributed by atoms with van der Waals surface area (Å²) in [5.74, 6) is 0. The third-order valence-corrected chi connectivity index (χ3v) is 11.0. The van der Waals surface area contributed by atoms with Crippen LogP contribution >= 0.6 is 0 Å². The highest BCUT2D eigenvalue weighted by Gasteiger charge is 2.19. The second-order valence-electron chi connectivity index (χ2n) is 14.0. The van der Waals surface area contributed by atoms with Gasteiger partial charge >= 0.3 is 0 Å². The summed E-state index contributed by atoms with van der Waals surface area (Å²) in [7, 11) is 0. The molecule has 0 atom stereocenters. The molecule has 0 unspecified atom stereocenters. The Bertz CT molecular complexity index is 3170. The average Bonchev–Trinajstić information content (AvgIpc) is 3.60. The zero-order valence-corrected chi connectivity index (χ0v) is 28.9. The fourth-order valence-electron chi connectivity index (χ4n) is 8.53. The van der Waals surface area contributed by atoms with Crippen LogP contribution in [0, 0.1) is 0 Å². The van der Waals surface area contributed by atoms with Gasteiger partial charge < -0.3 is 4.42 Å². The van der Waals surface area contributed by atoms with Crippen LogP contribution in [-0.4, -0.2) is 0 Å². The molecule has 0 saturated carbocycles. The molecule has 0 amide bonds. The third kappa shape index (κ3) is 4.79. The first-order valence-corrected chi connectivity index (χ1v) is 18.2. The first kappa shape index (κ1) is 29.7. The van der Waals surface area contributed by atoms with Gasteiger partial charge in [0, 0.05) is 10.8 Å². The molecule has 11 aromatic rings. The van der Waals surface area contributed by atoms with E-state index in [9.17, 15) is 0 Å². The van der Waals surface area contributed by atoms with Crippen molar-refractivity contribution >= 4 is 65.0 Å². The van der Waals surface area contributed by atoms with E-state index >= 15 is 0 Å². The van der Waals surface area contributed by atoms with Gasteiger partial charge in [-0.15, -0.1) is 0 Å². The normalized spacial score (nSPS) is 11.8. The molecule has 0 aliphatic rings. The molecule has 1 nitrogen and oxygen atoms in total. The molecule has 0 saturated heterocycles. The molecule has 246 valence electrons. The zero-order chi connectivity index (χ0) is 34.9. The van der Waals surface area contributed by atoms with E-state index in [1.807, 2.05) is 0 Å². The van der Waals surface area contributed by atoms with Crippen LogP contribution in [-0.2, 0) is 0 Å². The van der Waals surface area contributed by atoms with Crippen LogP contribution in [0.15, 0.2) is 199 Å². The van der Waals surface area contributed by atoms with Gasteiger partial charge in [0.15, 0.2) is 0 Å². The summed E-state index contributed by atoms with van der Waals surface area (Å²) in [5, 5.41) is 12.3. The first-order chi connectivity index (χ1) is 26.3. The number of hydrogen-bond acceptors (Lipinski definition) is 1. The molecule has 1 heterocycles. The van der Waals surface area contributed by atoms with Gasteiger partial charge in [0.1, 0.15) is 11.2 Å². The fourth-order valence-corrected chi connectivity index (χ4v) is 8.53. The van der Waals surface area contributed by atoms with E-state index < -0.39 is 0 Å². The SMILES string of the molecule is c1cc(-c2ccc3ccccc3c2)cc(-c2ccc3c(c2)oc2ccc(-c4c5ccccc5c(-c5cccc6ccccc56)c5ccccc45)cc23)c1. The topological polar surface area (TPSA) is 13.1 Å². The van der Waals surface area contributed by atoms with Crippen molar-refractivity contribution in [1.82, 2.24) is 0 Å². The highest BCUT2D eigenvalue weighted by molar-refractivity contribution is 6.24. The average molecular weight is 673 g/mol. The minimum absolute atomic E-state index is 0.895. The summed E-state index contributed by atoms with van der Waals surface area (Å²) in [6.45, 7) is 0. The van der Waals surface area contributed by atoms with E-state index in [4.69, 9.17) is 4.42 Å². The third-order valence-electron chi connectivity index (χ3n) is 11.0. The van der Waals surface area contributed by atoms with E-state index in [0.717, 1.165) is 27.5 Å². The monoisotopic (exact) mass is 672 g/mol. The maximum absolute atomic E-state index is 6.56. The van der Waals surface area contributed by atoms with E-state index in [0.29, 0.717) is 0 Å². The molecule has 1 aromatic heterocycles. The Morgan fingerprint density at radius 1 is 0.245 bits per heavy atom. The molecule has 1 heteroatoms. The Morgan fingerprint density at radius 2 is 0.792 bits per heavy atom. The van der Waals surface area contributed by atoms with E-state index in [-0.39, 0.29) is 0 Å². The van der Waals surface area contributed by atoms with Crippen molar-refractivity contribution in [3.05, 3.63) is 194 Å². The van der Waals surface area contributed by atoms with Gasteiger partial charge in [-0.1, -0.05) is 158 Å². The minimum atomic E-state index is 0.895. The van der Waals surface area contributed by atoms with Crippen LogP contribution in [0.4, 0.5) is 0 Å². The van der Waals surface area contributed by atoms with Crippen LogP contribution in [0.5, 0.6) is 0 Å². The lowest BCUT2D eigenvalue weighted by molar-refractivity contribution is 0.669. The highest BCUT2D eigenvalue weighted by atomic mass is 16.3. The lowest BCUT2D eigenvalue weighted by atomic mass is 9.84. The Kier molecular flexibility index (Phi) is 6.62. The molecule has 11 rings (SSSR count). The predicted molar refractivity (Wildman–Crippen MR) is 225 cm³/mol. The maximum Gasteiger partial charge on any atom is 0.136 e. The Balaban J connectivity index is 1.05. The second-order valence-corrected chi connectivity index (χ2v) is 14.0. The van der Waals surface area contributed by atoms with Gasteiger partial charge in [0.25, 0.3) is 0 Å². The summed E-state index contributed by atoms with van der Waals surface area (Å²) >= 11 is 0. The zero-order valence-electron chi connectivity index (χ0n) is 28.9. The van der Waals surface area contributed by atoms with Gasteiger partial charge in [-0.2, -0.15) is 0 Å². The van der Waals surface area contributed by atoms with Crippen LogP contribution in [0.1, 0.15) is 0 Å². The van der Waals surface area contributed by atoms with Crippen LogP contribution in [0.25, 0.3) is 110 Å². The molecule has 0 aliphatic heterocycles. The van der Waals surface area contributed by atoms with Crippen molar-refractivity contribution in [2.75, 3.05) is 0 Å². The number of fused-ring (bicyclic) bond motifs is 7. The maximum atomic E-state index is 6.56. The molecule has 0 radical (unpaired) electrons. The Morgan fingerprint density at radius 3 is 1.55 bits per heavy atom. The summed E-state index contributed by atoms with van der Waals surface area (Å²) in [5.41, 5.74) is 11.5. The van der Waals surface area contributed by atoms with Gasteiger partial charge in [0.05, 0.1) is 0 Å². The molecule has 0 aliphatic carbocycles. The van der Waals surface area contributed by atoms with Crippen molar-refractivity contribution < 1.29 is 4.42 Å². The largest absolute Gasteiger partial charge is 0.456 e. The number of benzene rings is 10. The predicted octanol–water partition coefficient (Wildman–Crippen LogP) is 14.9. The van der Waals surface area contributed by atoms with Crippen molar-refractivity contribution in [2.45, 2.75) is 0 Å². The van der Waals surface area contributed by atoms with Gasteiger partial charge in [-0.25, -0.2) is 0 Å². The van der Waals surface area contributed by atoms with Crippen LogP contribution in [0.2, 0.25) is 0 Å².